The Hall–Kier alpha value is -1.31. The summed E-state index contributed by atoms with van der Waals surface area (Å²) in [6.45, 7) is 6.89. The molecule has 0 unspecified atom stereocenters. The van der Waals surface area contributed by atoms with Crippen LogP contribution in [0.5, 0.6) is 0 Å². The third-order valence-corrected chi connectivity index (χ3v) is 3.21. The van der Waals surface area contributed by atoms with E-state index in [0.29, 0.717) is 13.0 Å². The Kier molecular flexibility index (Phi) is 5.20. The van der Waals surface area contributed by atoms with E-state index in [-0.39, 0.29) is 11.4 Å². The molecular formula is C15H22O2. The summed E-state index contributed by atoms with van der Waals surface area (Å²) in [5.41, 5.74) is 1.27. The molecule has 0 atom stereocenters. The molecule has 0 heterocycles. The van der Waals surface area contributed by atoms with Crippen LogP contribution >= 0.6 is 0 Å². The van der Waals surface area contributed by atoms with Gasteiger partial charge in [0.15, 0.2) is 0 Å². The molecule has 0 spiro atoms. The summed E-state index contributed by atoms with van der Waals surface area (Å²) >= 11 is 0. The van der Waals surface area contributed by atoms with Crippen molar-refractivity contribution in [1.29, 1.82) is 0 Å². The van der Waals surface area contributed by atoms with Gasteiger partial charge in [0, 0.05) is 6.42 Å². The van der Waals surface area contributed by atoms with Gasteiger partial charge in [-0.25, -0.2) is 0 Å². The predicted molar refractivity (Wildman–Crippen MR) is 69.5 cm³/mol. The molecule has 0 aliphatic heterocycles. The zero-order valence-corrected chi connectivity index (χ0v) is 11.0. The maximum Gasteiger partial charge on any atom is 0.306 e. The Balaban J connectivity index is 2.27. The number of benzene rings is 1. The van der Waals surface area contributed by atoms with Gasteiger partial charge in [0.1, 0.15) is 6.61 Å². The quantitative estimate of drug-likeness (QED) is 0.697. The Morgan fingerprint density at radius 2 is 1.88 bits per heavy atom. The average Bonchev–Trinajstić information content (AvgIpc) is 2.35. The normalized spacial score (nSPS) is 11.2. The Labute approximate surface area is 104 Å². The first-order chi connectivity index (χ1) is 8.03. The molecular weight excluding hydrogens is 212 g/mol. The van der Waals surface area contributed by atoms with Crippen LogP contribution in [-0.4, -0.2) is 5.97 Å². The van der Waals surface area contributed by atoms with Crippen LogP contribution in [0.4, 0.5) is 0 Å². The number of carbonyl (C=O) groups excluding carboxylic acids is 1. The highest BCUT2D eigenvalue weighted by Crippen LogP contribution is 2.26. The standard InChI is InChI=1S/C15H22O2/c1-4-15(2,3)11-10-14(16)17-12-13-8-6-5-7-9-13/h5-9H,4,10-12H2,1-3H3. The summed E-state index contributed by atoms with van der Waals surface area (Å²) in [4.78, 5) is 11.6. The van der Waals surface area contributed by atoms with Gasteiger partial charge in [-0.15, -0.1) is 0 Å². The van der Waals surface area contributed by atoms with Crippen molar-refractivity contribution in [3.63, 3.8) is 0 Å². The van der Waals surface area contributed by atoms with Gasteiger partial charge in [-0.3, -0.25) is 4.79 Å². The zero-order valence-electron chi connectivity index (χ0n) is 11.0. The Morgan fingerprint density at radius 1 is 1.24 bits per heavy atom. The van der Waals surface area contributed by atoms with Gasteiger partial charge < -0.3 is 4.74 Å². The van der Waals surface area contributed by atoms with E-state index in [0.717, 1.165) is 18.4 Å². The zero-order chi connectivity index (χ0) is 12.7. The third-order valence-electron chi connectivity index (χ3n) is 3.21. The van der Waals surface area contributed by atoms with Crippen LogP contribution in [0.1, 0.15) is 45.6 Å². The van der Waals surface area contributed by atoms with E-state index in [9.17, 15) is 4.79 Å². The minimum atomic E-state index is -0.102. The largest absolute Gasteiger partial charge is 0.461 e. The van der Waals surface area contributed by atoms with Gasteiger partial charge in [0.05, 0.1) is 0 Å². The molecule has 0 radical (unpaired) electrons. The van der Waals surface area contributed by atoms with Gasteiger partial charge in [-0.2, -0.15) is 0 Å². The predicted octanol–water partition coefficient (Wildman–Crippen LogP) is 3.95. The number of hydrogen-bond acceptors (Lipinski definition) is 2. The van der Waals surface area contributed by atoms with Crippen LogP contribution < -0.4 is 0 Å². The van der Waals surface area contributed by atoms with Crippen LogP contribution in [0.2, 0.25) is 0 Å². The lowest BCUT2D eigenvalue weighted by atomic mass is 9.85. The number of esters is 1. The van der Waals surface area contributed by atoms with Crippen LogP contribution in [-0.2, 0) is 16.1 Å². The summed E-state index contributed by atoms with van der Waals surface area (Å²) in [6.07, 6.45) is 2.48. The number of ether oxygens (including phenoxy) is 1. The van der Waals surface area contributed by atoms with E-state index in [2.05, 4.69) is 20.8 Å². The smallest absolute Gasteiger partial charge is 0.306 e. The van der Waals surface area contributed by atoms with Crippen molar-refractivity contribution in [2.24, 2.45) is 5.41 Å². The van der Waals surface area contributed by atoms with Crippen LogP contribution in [0, 0.1) is 5.41 Å². The monoisotopic (exact) mass is 234 g/mol. The van der Waals surface area contributed by atoms with E-state index in [4.69, 9.17) is 4.74 Å². The molecule has 0 saturated carbocycles. The summed E-state index contributed by atoms with van der Waals surface area (Å²) in [5.74, 6) is -0.102. The van der Waals surface area contributed by atoms with E-state index >= 15 is 0 Å². The van der Waals surface area contributed by atoms with Gasteiger partial charge in [0.2, 0.25) is 0 Å². The van der Waals surface area contributed by atoms with E-state index < -0.39 is 0 Å². The molecule has 2 nitrogen and oxygen atoms in total. The molecule has 0 amide bonds. The molecule has 1 aromatic rings. The number of carbonyl (C=O) groups is 1. The van der Waals surface area contributed by atoms with Crippen molar-refractivity contribution in [1.82, 2.24) is 0 Å². The molecule has 17 heavy (non-hydrogen) atoms. The maximum atomic E-state index is 11.6. The Bertz CT molecular complexity index is 341. The first-order valence-electron chi connectivity index (χ1n) is 6.23. The fraction of sp³-hybridized carbons (Fsp3) is 0.533. The summed E-state index contributed by atoms with van der Waals surface area (Å²) < 4.78 is 5.23. The molecule has 2 heteroatoms. The highest BCUT2D eigenvalue weighted by molar-refractivity contribution is 5.69. The molecule has 1 rings (SSSR count). The SMILES string of the molecule is CCC(C)(C)CCC(=O)OCc1ccccc1. The Morgan fingerprint density at radius 3 is 2.47 bits per heavy atom. The van der Waals surface area contributed by atoms with Crippen molar-refractivity contribution >= 4 is 5.97 Å². The first kappa shape index (κ1) is 13.8. The van der Waals surface area contributed by atoms with Crippen molar-refractivity contribution in [2.75, 3.05) is 0 Å². The third kappa shape index (κ3) is 5.53. The average molecular weight is 234 g/mol. The molecule has 1 aromatic carbocycles. The number of rotatable bonds is 6. The van der Waals surface area contributed by atoms with E-state index in [1.54, 1.807) is 0 Å². The lowest BCUT2D eigenvalue weighted by Crippen LogP contribution is -2.13. The second kappa shape index (κ2) is 6.43. The second-order valence-corrected chi connectivity index (χ2v) is 5.16. The van der Waals surface area contributed by atoms with E-state index in [1.807, 2.05) is 30.3 Å². The molecule has 0 aliphatic carbocycles. The minimum Gasteiger partial charge on any atom is -0.461 e. The summed E-state index contributed by atoms with van der Waals surface area (Å²) in [7, 11) is 0. The van der Waals surface area contributed by atoms with Crippen LogP contribution in [0.3, 0.4) is 0 Å². The molecule has 0 bridgehead atoms. The molecule has 0 N–H and O–H groups in total. The highest BCUT2D eigenvalue weighted by atomic mass is 16.5. The lowest BCUT2D eigenvalue weighted by molar-refractivity contribution is -0.145. The second-order valence-electron chi connectivity index (χ2n) is 5.16. The van der Waals surface area contributed by atoms with Crippen LogP contribution in [0.25, 0.3) is 0 Å². The topological polar surface area (TPSA) is 26.3 Å². The van der Waals surface area contributed by atoms with Crippen molar-refractivity contribution < 1.29 is 9.53 Å². The minimum absolute atomic E-state index is 0.102. The maximum absolute atomic E-state index is 11.6. The molecule has 94 valence electrons. The van der Waals surface area contributed by atoms with Crippen molar-refractivity contribution in [2.45, 2.75) is 46.6 Å². The lowest BCUT2D eigenvalue weighted by Gasteiger charge is -2.21. The fourth-order valence-corrected chi connectivity index (χ4v) is 1.43. The van der Waals surface area contributed by atoms with Crippen LogP contribution in [0.15, 0.2) is 30.3 Å². The van der Waals surface area contributed by atoms with Gasteiger partial charge in [0.25, 0.3) is 0 Å². The summed E-state index contributed by atoms with van der Waals surface area (Å²) in [6, 6.07) is 9.77. The highest BCUT2D eigenvalue weighted by Gasteiger charge is 2.17. The molecule has 0 aliphatic rings. The first-order valence-corrected chi connectivity index (χ1v) is 6.23. The molecule has 0 saturated heterocycles. The summed E-state index contributed by atoms with van der Waals surface area (Å²) in [5, 5.41) is 0. The van der Waals surface area contributed by atoms with Gasteiger partial charge in [-0.1, -0.05) is 57.5 Å². The molecule has 0 fully saturated rings. The molecule has 0 aromatic heterocycles. The van der Waals surface area contributed by atoms with Crippen molar-refractivity contribution in [3.05, 3.63) is 35.9 Å². The fourth-order valence-electron chi connectivity index (χ4n) is 1.43. The van der Waals surface area contributed by atoms with Crippen molar-refractivity contribution in [3.8, 4) is 0 Å². The van der Waals surface area contributed by atoms with Gasteiger partial charge >= 0.3 is 5.97 Å². The number of hydrogen-bond donors (Lipinski definition) is 0. The van der Waals surface area contributed by atoms with E-state index in [1.165, 1.54) is 0 Å². The van der Waals surface area contributed by atoms with Gasteiger partial charge in [-0.05, 0) is 17.4 Å².